The van der Waals surface area contributed by atoms with Crippen molar-refractivity contribution in [1.82, 2.24) is 4.90 Å². The minimum Gasteiger partial charge on any atom is -0.392 e. The Bertz CT molecular complexity index is 542. The number of aliphatic hydroxyl groups is 1. The molecule has 4 rings (SSSR count). The standard InChI is InChI=1S/C19H29NO2/c1-18-7-4-5-14(18)13-11-20(3)16-9-12(21)10-17(22)19(16,2)15(13)6-8-18/h9,13-15,17,22H,4-8,10-11H2,1-3H3/t13-,14-,15+,17?,18-,19+/m0/s1. The number of hydrogen-bond donors (Lipinski definition) is 1. The fourth-order valence-electron chi connectivity index (χ4n) is 6.59. The number of aliphatic hydroxyl groups excluding tert-OH is 1. The first-order valence-electron chi connectivity index (χ1n) is 9.00. The van der Waals surface area contributed by atoms with Gasteiger partial charge >= 0.3 is 0 Å². The minimum atomic E-state index is -0.513. The van der Waals surface area contributed by atoms with Gasteiger partial charge in [0.25, 0.3) is 0 Å². The van der Waals surface area contributed by atoms with Crippen molar-refractivity contribution in [3.8, 4) is 0 Å². The molecule has 3 nitrogen and oxygen atoms in total. The summed E-state index contributed by atoms with van der Waals surface area (Å²) in [5.41, 5.74) is 1.39. The molecule has 0 aromatic rings. The van der Waals surface area contributed by atoms with Crippen molar-refractivity contribution in [2.75, 3.05) is 13.6 Å². The van der Waals surface area contributed by atoms with Crippen molar-refractivity contribution in [3.63, 3.8) is 0 Å². The van der Waals surface area contributed by atoms with Crippen LogP contribution in [-0.2, 0) is 4.79 Å². The Balaban J connectivity index is 1.77. The van der Waals surface area contributed by atoms with Crippen molar-refractivity contribution in [2.45, 2.75) is 58.5 Å². The molecule has 0 bridgehead atoms. The highest BCUT2D eigenvalue weighted by molar-refractivity contribution is 5.92. The van der Waals surface area contributed by atoms with Gasteiger partial charge in [-0.15, -0.1) is 0 Å². The van der Waals surface area contributed by atoms with Gasteiger partial charge in [0.2, 0.25) is 0 Å². The Morgan fingerprint density at radius 1 is 1.23 bits per heavy atom. The van der Waals surface area contributed by atoms with Crippen LogP contribution in [0.5, 0.6) is 0 Å². The van der Waals surface area contributed by atoms with E-state index in [0.29, 0.717) is 23.7 Å². The lowest BCUT2D eigenvalue weighted by Gasteiger charge is -2.60. The number of nitrogens with zero attached hydrogens (tertiary/aromatic N) is 1. The van der Waals surface area contributed by atoms with Crippen LogP contribution in [0.4, 0.5) is 0 Å². The van der Waals surface area contributed by atoms with Crippen LogP contribution < -0.4 is 0 Å². The molecule has 6 atom stereocenters. The number of piperidine rings is 1. The predicted molar refractivity (Wildman–Crippen MR) is 86.1 cm³/mol. The fourth-order valence-corrected chi connectivity index (χ4v) is 6.59. The summed E-state index contributed by atoms with van der Waals surface area (Å²) < 4.78 is 0. The topological polar surface area (TPSA) is 40.5 Å². The van der Waals surface area contributed by atoms with E-state index < -0.39 is 6.10 Å². The highest BCUT2D eigenvalue weighted by Gasteiger charge is 2.60. The third kappa shape index (κ3) is 1.75. The van der Waals surface area contributed by atoms with Crippen LogP contribution >= 0.6 is 0 Å². The van der Waals surface area contributed by atoms with E-state index in [2.05, 4.69) is 25.8 Å². The van der Waals surface area contributed by atoms with Gasteiger partial charge in [0.1, 0.15) is 0 Å². The quantitative estimate of drug-likeness (QED) is 0.748. The fraction of sp³-hybridized carbons (Fsp3) is 0.842. The maximum absolute atomic E-state index is 11.9. The van der Waals surface area contributed by atoms with Gasteiger partial charge in [-0.2, -0.15) is 0 Å². The van der Waals surface area contributed by atoms with E-state index in [-0.39, 0.29) is 11.2 Å². The molecule has 0 aromatic heterocycles. The summed E-state index contributed by atoms with van der Waals surface area (Å²) in [6.45, 7) is 5.78. The smallest absolute Gasteiger partial charge is 0.160 e. The van der Waals surface area contributed by atoms with Crippen LogP contribution in [0.25, 0.3) is 0 Å². The Kier molecular flexibility index (Phi) is 3.08. The second-order valence-corrected chi connectivity index (χ2v) is 8.84. The van der Waals surface area contributed by atoms with E-state index in [1.807, 2.05) is 6.08 Å². The summed E-state index contributed by atoms with van der Waals surface area (Å²) in [4.78, 5) is 14.2. The summed E-state index contributed by atoms with van der Waals surface area (Å²) in [6.07, 6.45) is 8.23. The number of rotatable bonds is 0. The van der Waals surface area contributed by atoms with Crippen LogP contribution in [0.15, 0.2) is 11.8 Å². The predicted octanol–water partition coefficient (Wildman–Crippen LogP) is 2.99. The SMILES string of the molecule is CN1C[C@@H]2[C@@H](CC[C@]3(C)CCC[C@@H]23)[C@]2(C)C1=CC(=O)CC2O. The summed E-state index contributed by atoms with van der Waals surface area (Å²) in [5.74, 6) is 2.11. The molecular weight excluding hydrogens is 274 g/mol. The first kappa shape index (κ1) is 14.7. The molecule has 1 unspecified atom stereocenters. The molecule has 22 heavy (non-hydrogen) atoms. The second kappa shape index (κ2) is 4.59. The molecule has 0 radical (unpaired) electrons. The van der Waals surface area contributed by atoms with Crippen molar-refractivity contribution >= 4 is 5.78 Å². The van der Waals surface area contributed by atoms with Gasteiger partial charge < -0.3 is 10.0 Å². The number of fused-ring (bicyclic) bond motifs is 5. The normalized spacial score (nSPS) is 51.0. The largest absolute Gasteiger partial charge is 0.392 e. The molecule has 2 saturated carbocycles. The molecule has 1 heterocycles. The molecule has 3 fully saturated rings. The second-order valence-electron chi connectivity index (χ2n) is 8.84. The van der Waals surface area contributed by atoms with Gasteiger partial charge in [0, 0.05) is 37.2 Å². The van der Waals surface area contributed by atoms with E-state index in [1.165, 1.54) is 32.1 Å². The average Bonchev–Trinajstić information content (AvgIpc) is 2.84. The zero-order valence-electron chi connectivity index (χ0n) is 14.1. The lowest BCUT2D eigenvalue weighted by Crippen LogP contribution is -2.60. The van der Waals surface area contributed by atoms with Crippen molar-refractivity contribution in [3.05, 3.63) is 11.8 Å². The lowest BCUT2D eigenvalue weighted by atomic mass is 9.50. The van der Waals surface area contributed by atoms with Gasteiger partial charge in [0.05, 0.1) is 6.10 Å². The highest BCUT2D eigenvalue weighted by Crippen LogP contribution is 2.63. The van der Waals surface area contributed by atoms with Gasteiger partial charge in [-0.3, -0.25) is 4.79 Å². The van der Waals surface area contributed by atoms with Gasteiger partial charge in [-0.05, 0) is 48.9 Å². The third-order valence-corrected chi connectivity index (χ3v) is 7.82. The number of carbonyl (C=O) groups is 1. The van der Waals surface area contributed by atoms with Crippen LogP contribution in [-0.4, -0.2) is 35.5 Å². The number of likely N-dealkylation sites (tertiary alicyclic amines) is 1. The first-order valence-corrected chi connectivity index (χ1v) is 9.00. The summed E-state index contributed by atoms with van der Waals surface area (Å²) in [6, 6.07) is 0. The Morgan fingerprint density at radius 3 is 2.77 bits per heavy atom. The van der Waals surface area contributed by atoms with Crippen molar-refractivity contribution < 1.29 is 9.90 Å². The van der Waals surface area contributed by atoms with E-state index in [4.69, 9.17) is 0 Å². The Labute approximate surface area is 133 Å². The lowest BCUT2D eigenvalue weighted by molar-refractivity contribution is -0.132. The number of allylic oxidation sites excluding steroid dienone is 1. The summed E-state index contributed by atoms with van der Waals surface area (Å²) in [5, 5.41) is 10.8. The van der Waals surface area contributed by atoms with Gasteiger partial charge in [-0.25, -0.2) is 0 Å². The van der Waals surface area contributed by atoms with E-state index in [0.717, 1.165) is 18.2 Å². The number of carbonyl (C=O) groups excluding carboxylic acids is 1. The zero-order chi connectivity index (χ0) is 15.7. The van der Waals surface area contributed by atoms with E-state index >= 15 is 0 Å². The molecule has 0 amide bonds. The molecule has 1 aliphatic heterocycles. The number of hydrogen-bond acceptors (Lipinski definition) is 3. The maximum Gasteiger partial charge on any atom is 0.160 e. The maximum atomic E-state index is 11.9. The molecule has 3 heteroatoms. The number of ketones is 1. The van der Waals surface area contributed by atoms with E-state index in [9.17, 15) is 9.90 Å². The molecule has 4 aliphatic rings. The zero-order valence-corrected chi connectivity index (χ0v) is 14.1. The molecule has 3 aliphatic carbocycles. The molecule has 1 N–H and O–H groups in total. The highest BCUT2D eigenvalue weighted by atomic mass is 16.3. The monoisotopic (exact) mass is 303 g/mol. The van der Waals surface area contributed by atoms with E-state index in [1.54, 1.807) is 0 Å². The van der Waals surface area contributed by atoms with Crippen molar-refractivity contribution in [1.29, 1.82) is 0 Å². The summed E-state index contributed by atoms with van der Waals surface area (Å²) in [7, 11) is 2.12. The van der Waals surface area contributed by atoms with Crippen LogP contribution in [0.1, 0.15) is 52.4 Å². The van der Waals surface area contributed by atoms with Gasteiger partial charge in [-0.1, -0.05) is 20.3 Å². The first-order chi connectivity index (χ1) is 10.4. The molecule has 1 saturated heterocycles. The van der Waals surface area contributed by atoms with Crippen LogP contribution in [0, 0.1) is 28.6 Å². The van der Waals surface area contributed by atoms with Crippen LogP contribution in [0.2, 0.25) is 0 Å². The van der Waals surface area contributed by atoms with Crippen molar-refractivity contribution in [2.24, 2.45) is 28.6 Å². The third-order valence-electron chi connectivity index (χ3n) is 7.82. The average molecular weight is 303 g/mol. The molecule has 122 valence electrons. The summed E-state index contributed by atoms with van der Waals surface area (Å²) >= 11 is 0. The van der Waals surface area contributed by atoms with Gasteiger partial charge in [0.15, 0.2) is 5.78 Å². The molecular formula is C19H29NO2. The minimum absolute atomic E-state index is 0.0896. The Hall–Kier alpha value is -0.830. The molecule has 0 spiro atoms. The molecule has 0 aromatic carbocycles. The van der Waals surface area contributed by atoms with Crippen LogP contribution in [0.3, 0.4) is 0 Å². The Morgan fingerprint density at radius 2 is 2.00 bits per heavy atom.